The van der Waals surface area contributed by atoms with Crippen molar-refractivity contribution in [2.24, 2.45) is 0 Å². The zero-order chi connectivity index (χ0) is 20.0. The predicted molar refractivity (Wildman–Crippen MR) is 118 cm³/mol. The maximum Gasteiger partial charge on any atom is 0.145 e. The number of nitrogens with one attached hydrogen (secondary N) is 1. The van der Waals surface area contributed by atoms with Gasteiger partial charge < -0.3 is 4.74 Å². The van der Waals surface area contributed by atoms with Crippen LogP contribution in [0.25, 0.3) is 31.8 Å². The molecule has 0 aliphatic carbocycles. The molecule has 144 valence electrons. The van der Waals surface area contributed by atoms with Crippen molar-refractivity contribution in [2.45, 2.75) is 13.0 Å². The number of benzene rings is 2. The number of ether oxygens (including phenoxy) is 1. The molecule has 5 nitrogen and oxygen atoms in total. The van der Waals surface area contributed by atoms with Gasteiger partial charge in [0.15, 0.2) is 0 Å². The van der Waals surface area contributed by atoms with Gasteiger partial charge in [-0.05, 0) is 37.3 Å². The van der Waals surface area contributed by atoms with E-state index in [1.54, 1.807) is 23.7 Å². The van der Waals surface area contributed by atoms with Gasteiger partial charge in [-0.1, -0.05) is 35.3 Å². The van der Waals surface area contributed by atoms with Crippen LogP contribution in [0.3, 0.4) is 0 Å². The van der Waals surface area contributed by atoms with Crippen molar-refractivity contribution in [3.05, 3.63) is 70.5 Å². The van der Waals surface area contributed by atoms with E-state index in [-0.39, 0.29) is 6.10 Å². The van der Waals surface area contributed by atoms with E-state index in [0.29, 0.717) is 21.4 Å². The van der Waals surface area contributed by atoms with Gasteiger partial charge in [0, 0.05) is 23.3 Å². The van der Waals surface area contributed by atoms with E-state index in [1.807, 2.05) is 43.3 Å². The molecule has 0 spiro atoms. The number of aromatic nitrogens is 4. The molecule has 0 fully saturated rings. The third kappa shape index (κ3) is 3.33. The van der Waals surface area contributed by atoms with Gasteiger partial charge in [-0.15, -0.1) is 11.3 Å². The van der Waals surface area contributed by atoms with Crippen LogP contribution in [0.1, 0.15) is 18.6 Å². The van der Waals surface area contributed by atoms with E-state index < -0.39 is 0 Å². The highest BCUT2D eigenvalue weighted by atomic mass is 35.5. The SMILES string of the molecule is CC(Oc1ccc2[nH]nc(-c3nc4ccccc4s3)c2c1)c1c(Cl)cncc1Cl. The Bertz CT molecular complexity index is 1290. The number of hydrogen-bond acceptors (Lipinski definition) is 5. The molecular formula is C21H14Cl2N4OS. The Kier molecular flexibility index (Phi) is 4.62. The van der Waals surface area contributed by atoms with Gasteiger partial charge >= 0.3 is 0 Å². The number of hydrogen-bond donors (Lipinski definition) is 1. The molecule has 3 heterocycles. The fourth-order valence-electron chi connectivity index (χ4n) is 3.28. The van der Waals surface area contributed by atoms with Crippen molar-refractivity contribution in [1.82, 2.24) is 20.2 Å². The first-order valence-electron chi connectivity index (χ1n) is 8.90. The van der Waals surface area contributed by atoms with E-state index in [4.69, 9.17) is 32.9 Å². The monoisotopic (exact) mass is 440 g/mol. The van der Waals surface area contributed by atoms with E-state index in [2.05, 4.69) is 21.2 Å². The fraction of sp³-hybridized carbons (Fsp3) is 0.0952. The largest absolute Gasteiger partial charge is 0.486 e. The van der Waals surface area contributed by atoms with Crippen LogP contribution >= 0.6 is 34.5 Å². The molecule has 0 aliphatic rings. The summed E-state index contributed by atoms with van der Waals surface area (Å²) >= 11 is 14.1. The lowest BCUT2D eigenvalue weighted by Crippen LogP contribution is -2.05. The summed E-state index contributed by atoms with van der Waals surface area (Å²) < 4.78 is 7.26. The molecule has 5 rings (SSSR count). The van der Waals surface area contributed by atoms with Gasteiger partial charge in [0.2, 0.25) is 0 Å². The van der Waals surface area contributed by atoms with Crippen molar-refractivity contribution in [2.75, 3.05) is 0 Å². The normalized spacial score (nSPS) is 12.5. The average molecular weight is 441 g/mol. The first-order chi connectivity index (χ1) is 14.1. The first kappa shape index (κ1) is 18.4. The zero-order valence-electron chi connectivity index (χ0n) is 15.2. The molecule has 3 aromatic heterocycles. The topological polar surface area (TPSA) is 63.7 Å². The highest BCUT2D eigenvalue weighted by Crippen LogP contribution is 2.36. The molecule has 1 unspecified atom stereocenters. The number of rotatable bonds is 4. The quantitative estimate of drug-likeness (QED) is 0.338. The van der Waals surface area contributed by atoms with Gasteiger partial charge in [0.05, 0.1) is 25.8 Å². The van der Waals surface area contributed by atoms with Crippen molar-refractivity contribution in [3.63, 3.8) is 0 Å². The molecule has 5 aromatic rings. The molecule has 29 heavy (non-hydrogen) atoms. The number of halogens is 2. The van der Waals surface area contributed by atoms with Gasteiger partial charge in [-0.25, -0.2) is 4.98 Å². The molecule has 1 N–H and O–H groups in total. The molecule has 0 saturated carbocycles. The Morgan fingerprint density at radius 2 is 1.86 bits per heavy atom. The van der Waals surface area contributed by atoms with Gasteiger partial charge in [0.25, 0.3) is 0 Å². The first-order valence-corrected chi connectivity index (χ1v) is 10.5. The summed E-state index contributed by atoms with van der Waals surface area (Å²) in [4.78, 5) is 8.71. The average Bonchev–Trinajstić information content (AvgIpc) is 3.31. The molecule has 0 saturated heterocycles. The zero-order valence-corrected chi connectivity index (χ0v) is 17.5. The second kappa shape index (κ2) is 7.30. The van der Waals surface area contributed by atoms with Crippen LogP contribution in [0.15, 0.2) is 54.9 Å². The smallest absolute Gasteiger partial charge is 0.145 e. The number of fused-ring (bicyclic) bond motifs is 2. The number of aromatic amines is 1. The number of H-pyrrole nitrogens is 1. The summed E-state index contributed by atoms with van der Waals surface area (Å²) in [5.74, 6) is 0.692. The minimum atomic E-state index is -0.340. The molecule has 0 aliphatic heterocycles. The Labute approximate surface area is 180 Å². The minimum Gasteiger partial charge on any atom is -0.486 e. The number of thiazole rings is 1. The third-order valence-electron chi connectivity index (χ3n) is 4.64. The van der Waals surface area contributed by atoms with E-state index in [1.165, 1.54) is 0 Å². The second-order valence-corrected chi connectivity index (χ2v) is 8.39. The van der Waals surface area contributed by atoms with Crippen LogP contribution in [0.2, 0.25) is 10.0 Å². The lowest BCUT2D eigenvalue weighted by molar-refractivity contribution is 0.227. The van der Waals surface area contributed by atoms with Crippen LogP contribution in [0.5, 0.6) is 5.75 Å². The summed E-state index contributed by atoms with van der Waals surface area (Å²) in [7, 11) is 0. The van der Waals surface area contributed by atoms with Crippen LogP contribution in [-0.2, 0) is 0 Å². The Hall–Kier alpha value is -2.67. The van der Waals surface area contributed by atoms with Crippen molar-refractivity contribution in [1.29, 1.82) is 0 Å². The Morgan fingerprint density at radius 1 is 1.07 bits per heavy atom. The number of para-hydroxylation sites is 1. The second-order valence-electron chi connectivity index (χ2n) is 6.54. The number of nitrogens with zero attached hydrogens (tertiary/aromatic N) is 3. The molecule has 8 heteroatoms. The van der Waals surface area contributed by atoms with Gasteiger partial charge in [-0.2, -0.15) is 5.10 Å². The summed E-state index contributed by atoms with van der Waals surface area (Å²) in [5, 5.41) is 10.3. The molecule has 0 amide bonds. The molecule has 0 radical (unpaired) electrons. The van der Waals surface area contributed by atoms with Crippen LogP contribution in [0, 0.1) is 0 Å². The van der Waals surface area contributed by atoms with Crippen LogP contribution in [0.4, 0.5) is 0 Å². The van der Waals surface area contributed by atoms with E-state index >= 15 is 0 Å². The molecule has 2 aromatic carbocycles. The lowest BCUT2D eigenvalue weighted by atomic mass is 10.1. The summed E-state index contributed by atoms with van der Waals surface area (Å²) in [5.41, 5.74) is 3.40. The van der Waals surface area contributed by atoms with Crippen molar-refractivity contribution < 1.29 is 4.74 Å². The van der Waals surface area contributed by atoms with Crippen LogP contribution < -0.4 is 4.74 Å². The van der Waals surface area contributed by atoms with E-state index in [0.717, 1.165) is 31.8 Å². The lowest BCUT2D eigenvalue weighted by Gasteiger charge is -2.17. The van der Waals surface area contributed by atoms with Crippen molar-refractivity contribution >= 4 is 55.7 Å². The standard InChI is InChI=1S/C21H14Cl2N4OS/c1-11(19-14(22)9-24-10-15(19)23)28-12-6-7-16-13(8-12)20(27-26-16)21-25-17-4-2-3-5-18(17)29-21/h2-11H,1H3,(H,26,27). The van der Waals surface area contributed by atoms with Gasteiger partial charge in [0.1, 0.15) is 22.6 Å². The summed E-state index contributed by atoms with van der Waals surface area (Å²) in [6, 6.07) is 13.8. The number of pyridine rings is 1. The maximum absolute atomic E-state index is 6.26. The summed E-state index contributed by atoms with van der Waals surface area (Å²) in [6.45, 7) is 1.90. The minimum absolute atomic E-state index is 0.340. The van der Waals surface area contributed by atoms with Crippen molar-refractivity contribution in [3.8, 4) is 16.5 Å². The van der Waals surface area contributed by atoms with E-state index in [9.17, 15) is 0 Å². The Morgan fingerprint density at radius 3 is 2.66 bits per heavy atom. The van der Waals surface area contributed by atoms with Crippen LogP contribution in [-0.4, -0.2) is 20.2 Å². The highest BCUT2D eigenvalue weighted by molar-refractivity contribution is 7.21. The molecule has 1 atom stereocenters. The highest BCUT2D eigenvalue weighted by Gasteiger charge is 2.18. The Balaban J connectivity index is 1.52. The summed E-state index contributed by atoms with van der Waals surface area (Å²) in [6.07, 6.45) is 2.79. The fourth-order valence-corrected chi connectivity index (χ4v) is 4.92. The maximum atomic E-state index is 6.26. The molecule has 0 bridgehead atoms. The molecular weight excluding hydrogens is 427 g/mol. The predicted octanol–water partition coefficient (Wildman–Crippen LogP) is 6.68. The van der Waals surface area contributed by atoms with Gasteiger partial charge in [-0.3, -0.25) is 10.1 Å². The third-order valence-corrected chi connectivity index (χ3v) is 6.29.